The summed E-state index contributed by atoms with van der Waals surface area (Å²) < 4.78 is 5.60. The summed E-state index contributed by atoms with van der Waals surface area (Å²) in [6, 6.07) is 14.8. The molecule has 116 valence electrons. The van der Waals surface area contributed by atoms with Crippen molar-refractivity contribution in [3.8, 4) is 5.75 Å². The second-order valence-corrected chi connectivity index (χ2v) is 6.08. The SMILES string of the molecule is CSc1ccc(C(=O)N(C)CCOc2cccc(Cl)c2)cc1. The van der Waals surface area contributed by atoms with Crippen LogP contribution in [0.25, 0.3) is 0 Å². The van der Waals surface area contributed by atoms with E-state index in [0.29, 0.717) is 29.5 Å². The number of nitrogens with zero attached hydrogens (tertiary/aromatic N) is 1. The van der Waals surface area contributed by atoms with Crippen LogP contribution in [-0.2, 0) is 0 Å². The largest absolute Gasteiger partial charge is 0.492 e. The van der Waals surface area contributed by atoms with Gasteiger partial charge in [0.15, 0.2) is 0 Å². The number of rotatable bonds is 6. The fourth-order valence-electron chi connectivity index (χ4n) is 1.91. The first-order valence-corrected chi connectivity index (χ1v) is 8.48. The summed E-state index contributed by atoms with van der Waals surface area (Å²) in [5, 5.41) is 0.635. The van der Waals surface area contributed by atoms with Gasteiger partial charge in [0.1, 0.15) is 12.4 Å². The number of amides is 1. The molecule has 22 heavy (non-hydrogen) atoms. The van der Waals surface area contributed by atoms with E-state index in [1.807, 2.05) is 42.7 Å². The van der Waals surface area contributed by atoms with E-state index >= 15 is 0 Å². The van der Waals surface area contributed by atoms with Crippen LogP contribution in [0.3, 0.4) is 0 Å². The molecule has 0 spiro atoms. The van der Waals surface area contributed by atoms with Crippen LogP contribution in [0.5, 0.6) is 5.75 Å². The van der Waals surface area contributed by atoms with Gasteiger partial charge in [-0.25, -0.2) is 0 Å². The first-order valence-electron chi connectivity index (χ1n) is 6.88. The Labute approximate surface area is 140 Å². The number of hydrogen-bond donors (Lipinski definition) is 0. The number of benzene rings is 2. The zero-order chi connectivity index (χ0) is 15.9. The van der Waals surface area contributed by atoms with Crippen LogP contribution in [0.15, 0.2) is 53.4 Å². The first-order chi connectivity index (χ1) is 10.6. The van der Waals surface area contributed by atoms with Crippen molar-refractivity contribution in [1.82, 2.24) is 4.90 Å². The molecule has 0 unspecified atom stereocenters. The number of likely N-dealkylation sites (N-methyl/N-ethyl adjacent to an activating group) is 1. The van der Waals surface area contributed by atoms with Crippen molar-refractivity contribution >= 4 is 29.3 Å². The summed E-state index contributed by atoms with van der Waals surface area (Å²) in [6.07, 6.45) is 2.01. The zero-order valence-electron chi connectivity index (χ0n) is 12.6. The van der Waals surface area contributed by atoms with Gasteiger partial charge in [0.2, 0.25) is 0 Å². The molecule has 0 heterocycles. The molecule has 0 radical (unpaired) electrons. The number of carbonyl (C=O) groups is 1. The molecule has 0 aliphatic rings. The highest BCUT2D eigenvalue weighted by atomic mass is 35.5. The summed E-state index contributed by atoms with van der Waals surface area (Å²) in [7, 11) is 1.77. The Morgan fingerprint density at radius 1 is 1.23 bits per heavy atom. The van der Waals surface area contributed by atoms with Crippen LogP contribution in [0.1, 0.15) is 10.4 Å². The van der Waals surface area contributed by atoms with Gasteiger partial charge in [-0.15, -0.1) is 11.8 Å². The van der Waals surface area contributed by atoms with Crippen molar-refractivity contribution in [1.29, 1.82) is 0 Å². The lowest BCUT2D eigenvalue weighted by Crippen LogP contribution is -2.30. The lowest BCUT2D eigenvalue weighted by Gasteiger charge is -2.17. The number of halogens is 1. The van der Waals surface area contributed by atoms with Crippen molar-refractivity contribution in [2.24, 2.45) is 0 Å². The standard InChI is InChI=1S/C17H18ClNO2S/c1-19(10-11-21-15-5-3-4-14(18)12-15)17(20)13-6-8-16(22-2)9-7-13/h3-9,12H,10-11H2,1-2H3. The minimum Gasteiger partial charge on any atom is -0.492 e. The quantitative estimate of drug-likeness (QED) is 0.740. The number of thioether (sulfide) groups is 1. The molecule has 0 fully saturated rings. The molecular weight excluding hydrogens is 318 g/mol. The minimum atomic E-state index is -0.0117. The molecule has 0 saturated carbocycles. The van der Waals surface area contributed by atoms with E-state index < -0.39 is 0 Å². The van der Waals surface area contributed by atoms with Gasteiger partial charge < -0.3 is 9.64 Å². The third kappa shape index (κ3) is 4.68. The molecule has 0 atom stereocenters. The van der Waals surface area contributed by atoms with Gasteiger partial charge in [0, 0.05) is 22.5 Å². The Morgan fingerprint density at radius 3 is 2.59 bits per heavy atom. The summed E-state index contributed by atoms with van der Waals surface area (Å²) in [5.74, 6) is 0.694. The van der Waals surface area contributed by atoms with Gasteiger partial charge in [-0.2, -0.15) is 0 Å². The maximum atomic E-state index is 12.3. The number of carbonyl (C=O) groups excluding carboxylic acids is 1. The van der Waals surface area contributed by atoms with Gasteiger partial charge in [-0.3, -0.25) is 4.79 Å². The van der Waals surface area contributed by atoms with Crippen molar-refractivity contribution in [3.05, 3.63) is 59.1 Å². The Bertz CT molecular complexity index is 631. The molecule has 3 nitrogen and oxygen atoms in total. The fourth-order valence-corrected chi connectivity index (χ4v) is 2.50. The van der Waals surface area contributed by atoms with E-state index in [1.165, 1.54) is 0 Å². The van der Waals surface area contributed by atoms with E-state index in [4.69, 9.17) is 16.3 Å². The Balaban J connectivity index is 1.85. The molecular formula is C17H18ClNO2S. The van der Waals surface area contributed by atoms with Crippen LogP contribution >= 0.6 is 23.4 Å². The summed E-state index contributed by atoms with van der Waals surface area (Å²) in [6.45, 7) is 0.932. The Morgan fingerprint density at radius 2 is 1.95 bits per heavy atom. The molecule has 1 amide bonds. The van der Waals surface area contributed by atoms with Gasteiger partial charge in [0.05, 0.1) is 6.54 Å². The van der Waals surface area contributed by atoms with Crippen LogP contribution in [0.2, 0.25) is 5.02 Å². The zero-order valence-corrected chi connectivity index (χ0v) is 14.2. The normalized spacial score (nSPS) is 10.3. The van der Waals surface area contributed by atoms with Crippen molar-refractivity contribution in [2.45, 2.75) is 4.90 Å². The topological polar surface area (TPSA) is 29.5 Å². The highest BCUT2D eigenvalue weighted by Gasteiger charge is 2.11. The second kappa shape index (κ2) is 8.11. The first kappa shape index (κ1) is 16.7. The van der Waals surface area contributed by atoms with Crippen molar-refractivity contribution in [2.75, 3.05) is 26.5 Å². The molecule has 2 aromatic carbocycles. The lowest BCUT2D eigenvalue weighted by atomic mass is 10.2. The van der Waals surface area contributed by atoms with Crippen LogP contribution < -0.4 is 4.74 Å². The summed E-state index contributed by atoms with van der Waals surface area (Å²) in [5.41, 5.74) is 0.683. The van der Waals surface area contributed by atoms with E-state index in [2.05, 4.69) is 0 Å². The average Bonchev–Trinajstić information content (AvgIpc) is 2.54. The Kier molecular flexibility index (Phi) is 6.16. The van der Waals surface area contributed by atoms with E-state index in [0.717, 1.165) is 4.90 Å². The van der Waals surface area contributed by atoms with E-state index in [9.17, 15) is 4.79 Å². The van der Waals surface area contributed by atoms with Gasteiger partial charge in [0.25, 0.3) is 5.91 Å². The molecule has 0 aliphatic carbocycles. The maximum Gasteiger partial charge on any atom is 0.253 e. The number of ether oxygens (including phenoxy) is 1. The summed E-state index contributed by atoms with van der Waals surface area (Å²) >= 11 is 7.55. The van der Waals surface area contributed by atoms with Crippen LogP contribution in [-0.4, -0.2) is 37.3 Å². The lowest BCUT2D eigenvalue weighted by molar-refractivity contribution is 0.0773. The molecule has 0 bridgehead atoms. The summed E-state index contributed by atoms with van der Waals surface area (Å²) in [4.78, 5) is 15.1. The van der Waals surface area contributed by atoms with Crippen LogP contribution in [0.4, 0.5) is 0 Å². The van der Waals surface area contributed by atoms with E-state index in [1.54, 1.807) is 35.8 Å². The monoisotopic (exact) mass is 335 g/mol. The van der Waals surface area contributed by atoms with Gasteiger partial charge >= 0.3 is 0 Å². The number of hydrogen-bond acceptors (Lipinski definition) is 3. The smallest absolute Gasteiger partial charge is 0.253 e. The third-order valence-corrected chi connectivity index (χ3v) is 4.15. The Hall–Kier alpha value is -1.65. The van der Waals surface area contributed by atoms with Crippen LogP contribution in [0, 0.1) is 0 Å². The molecule has 0 aliphatic heterocycles. The van der Waals surface area contributed by atoms with Gasteiger partial charge in [-0.1, -0.05) is 17.7 Å². The van der Waals surface area contributed by atoms with Gasteiger partial charge in [-0.05, 0) is 48.7 Å². The molecule has 0 aromatic heterocycles. The fraction of sp³-hybridized carbons (Fsp3) is 0.235. The van der Waals surface area contributed by atoms with E-state index in [-0.39, 0.29) is 5.91 Å². The predicted octanol–water partition coefficient (Wildman–Crippen LogP) is 4.21. The van der Waals surface area contributed by atoms with Crippen molar-refractivity contribution in [3.63, 3.8) is 0 Å². The molecule has 0 saturated heterocycles. The molecule has 0 N–H and O–H groups in total. The second-order valence-electron chi connectivity index (χ2n) is 4.76. The van der Waals surface area contributed by atoms with Crippen molar-refractivity contribution < 1.29 is 9.53 Å². The molecule has 5 heteroatoms. The molecule has 2 aromatic rings. The highest BCUT2D eigenvalue weighted by molar-refractivity contribution is 7.98. The third-order valence-electron chi connectivity index (χ3n) is 3.18. The average molecular weight is 336 g/mol. The minimum absolute atomic E-state index is 0.0117. The highest BCUT2D eigenvalue weighted by Crippen LogP contribution is 2.17. The predicted molar refractivity (Wildman–Crippen MR) is 92.1 cm³/mol. The maximum absolute atomic E-state index is 12.3. The molecule has 2 rings (SSSR count).